The first kappa shape index (κ1) is 61.7. The number of hydrogen-bond acceptors (Lipinski definition) is 15. The number of ether oxygens (including phenoxy) is 1. The van der Waals surface area contributed by atoms with Crippen LogP contribution in [0.5, 0.6) is 5.75 Å². The maximum Gasteiger partial charge on any atom is 0.390 e. The zero-order valence-electron chi connectivity index (χ0n) is 48.9. The Kier molecular flexibility index (Phi) is 19.6. The first-order valence-corrected chi connectivity index (χ1v) is 30.1. The molecule has 3 aliphatic rings. The second-order valence-electron chi connectivity index (χ2n) is 24.1. The van der Waals surface area contributed by atoms with E-state index in [1.807, 2.05) is 75.4 Å². The molecule has 3 aliphatic heterocycles. The number of aliphatic hydroxyl groups is 1. The molecule has 0 unspecified atom stereocenters. The van der Waals surface area contributed by atoms with Gasteiger partial charge in [-0.05, 0) is 118 Å². The molecule has 0 bridgehead atoms. The number of carbonyl (C=O) groups is 3. The smallest absolute Gasteiger partial charge is 0.390 e. The number of halogens is 4. The van der Waals surface area contributed by atoms with Crippen LogP contribution >= 0.6 is 11.3 Å². The minimum Gasteiger partial charge on any atom is -0.494 e. The number of imidazole rings is 1. The summed E-state index contributed by atoms with van der Waals surface area (Å²) >= 11 is 1.57. The van der Waals surface area contributed by atoms with Crippen molar-refractivity contribution in [3.63, 3.8) is 0 Å². The minimum atomic E-state index is -4.42. The highest BCUT2D eigenvalue weighted by Gasteiger charge is 2.47. The van der Waals surface area contributed by atoms with Crippen LogP contribution in [0.2, 0.25) is 0 Å². The summed E-state index contributed by atoms with van der Waals surface area (Å²) < 4.78 is 65.9. The number of anilines is 2. The summed E-state index contributed by atoms with van der Waals surface area (Å²) in [6.07, 6.45) is 5.24. The van der Waals surface area contributed by atoms with Gasteiger partial charge >= 0.3 is 6.18 Å². The van der Waals surface area contributed by atoms with E-state index < -0.39 is 53.5 Å². The number of β-amino-alcohol motifs (C(OH)–C–C–N with tert-alkyl or cyclic N) is 1. The molecule has 0 aliphatic carbocycles. The lowest BCUT2D eigenvalue weighted by Gasteiger charge is -2.48. The summed E-state index contributed by atoms with van der Waals surface area (Å²) in [6, 6.07) is 12.1. The Balaban J connectivity index is 0.735. The van der Waals surface area contributed by atoms with Crippen LogP contribution in [-0.2, 0) is 20.9 Å². The average Bonchev–Trinajstić information content (AvgIpc) is 4.13. The number of aromatic nitrogens is 6. The predicted octanol–water partition coefficient (Wildman–Crippen LogP) is 9.15. The van der Waals surface area contributed by atoms with Crippen molar-refractivity contribution in [1.82, 2.24) is 55.2 Å². The van der Waals surface area contributed by atoms with Gasteiger partial charge in [0.15, 0.2) is 23.0 Å². The molecule has 23 heteroatoms. The largest absolute Gasteiger partial charge is 0.494 e. The second kappa shape index (κ2) is 26.6. The van der Waals surface area contributed by atoms with Gasteiger partial charge in [0.25, 0.3) is 0 Å². The van der Waals surface area contributed by atoms with E-state index in [2.05, 4.69) is 40.8 Å². The van der Waals surface area contributed by atoms with E-state index in [1.165, 1.54) is 30.5 Å². The molecule has 0 saturated carbocycles. The molecule has 18 nitrogen and oxygen atoms in total. The molecule has 2 aromatic carbocycles. The van der Waals surface area contributed by atoms with Crippen molar-refractivity contribution in [2.45, 2.75) is 160 Å². The van der Waals surface area contributed by atoms with Gasteiger partial charge in [-0.25, -0.2) is 24.3 Å². The number of piperidine rings is 2. The highest BCUT2D eigenvalue weighted by atomic mass is 32.1. The number of hydrogen-bond donors (Lipinski definition) is 5. The molecular weight excluding hydrogens is 1100 g/mol. The predicted molar refractivity (Wildman–Crippen MR) is 317 cm³/mol. The topological polar surface area (TPSA) is 222 Å². The highest BCUT2D eigenvalue weighted by molar-refractivity contribution is 7.13. The van der Waals surface area contributed by atoms with Crippen LogP contribution in [0.1, 0.15) is 128 Å². The number of unbranched alkanes of at least 4 members (excludes halogenated alkanes) is 4. The molecular formula is C61H79F4N13O5S. The third-order valence-corrected chi connectivity index (χ3v) is 17.7. The Morgan fingerprint density at radius 1 is 0.929 bits per heavy atom. The van der Waals surface area contributed by atoms with Gasteiger partial charge in [0, 0.05) is 49.6 Å². The first-order chi connectivity index (χ1) is 40.1. The molecule has 3 saturated heterocycles. The summed E-state index contributed by atoms with van der Waals surface area (Å²) in [4.78, 5) is 70.3. The van der Waals surface area contributed by atoms with Gasteiger partial charge in [-0.2, -0.15) is 13.2 Å². The molecule has 4 aromatic heterocycles. The number of likely N-dealkylation sites (tertiary alicyclic amines) is 2. The van der Waals surface area contributed by atoms with Crippen molar-refractivity contribution in [2.75, 3.05) is 57.0 Å². The highest BCUT2D eigenvalue weighted by Crippen LogP contribution is 2.39. The Hall–Kier alpha value is -6.82. The maximum atomic E-state index is 14.9. The summed E-state index contributed by atoms with van der Waals surface area (Å²) in [7, 11) is 1.39. The zero-order chi connectivity index (χ0) is 59.9. The number of aryl methyl sites for hydroxylation is 1. The number of nitrogens with two attached hydrogens (primary N) is 1. The van der Waals surface area contributed by atoms with E-state index in [0.29, 0.717) is 66.8 Å². The van der Waals surface area contributed by atoms with Crippen molar-refractivity contribution < 1.29 is 41.8 Å². The Labute approximate surface area is 492 Å². The van der Waals surface area contributed by atoms with E-state index in [9.17, 15) is 37.1 Å². The Morgan fingerprint density at radius 3 is 2.37 bits per heavy atom. The first-order valence-electron chi connectivity index (χ1n) is 29.2. The van der Waals surface area contributed by atoms with Crippen LogP contribution in [0.25, 0.3) is 32.9 Å². The van der Waals surface area contributed by atoms with Crippen LogP contribution < -0.4 is 31.3 Å². The molecule has 6 aromatic rings. The fourth-order valence-electron chi connectivity index (χ4n) is 12.3. The van der Waals surface area contributed by atoms with Gasteiger partial charge in [-0.3, -0.25) is 19.4 Å². The van der Waals surface area contributed by atoms with Gasteiger partial charge < -0.3 is 50.8 Å². The fourth-order valence-corrected chi connectivity index (χ4v) is 13.1. The average molecular weight is 1180 g/mol. The van der Waals surface area contributed by atoms with Crippen LogP contribution in [0, 0.1) is 18.2 Å². The number of benzene rings is 2. The number of nitrogen functional groups attached to an aromatic ring is 1. The van der Waals surface area contributed by atoms with E-state index in [4.69, 9.17) is 15.5 Å². The number of rotatable bonds is 22. The Bertz CT molecular complexity index is 3240. The van der Waals surface area contributed by atoms with E-state index in [0.717, 1.165) is 72.6 Å². The van der Waals surface area contributed by atoms with Gasteiger partial charge in [-0.1, -0.05) is 64.3 Å². The second-order valence-corrected chi connectivity index (χ2v) is 25.0. The third-order valence-electron chi connectivity index (χ3n) is 16.7. The van der Waals surface area contributed by atoms with Crippen molar-refractivity contribution >= 4 is 51.7 Å². The van der Waals surface area contributed by atoms with E-state index in [-0.39, 0.29) is 67.9 Å². The number of nitrogens with zero attached hydrogens (tertiary/aromatic N) is 9. The van der Waals surface area contributed by atoms with Crippen molar-refractivity contribution in [3.05, 3.63) is 95.5 Å². The molecule has 0 radical (unpaired) electrons. The summed E-state index contributed by atoms with van der Waals surface area (Å²) in [5.74, 6) is -1.25. The monoisotopic (exact) mass is 1180 g/mol. The fraction of sp³-hybridized carbons (Fsp3) is 0.541. The number of fused-ring (bicyclic) bond motifs is 1. The van der Waals surface area contributed by atoms with Crippen molar-refractivity contribution in [2.24, 2.45) is 5.41 Å². The van der Waals surface area contributed by atoms with Crippen molar-refractivity contribution in [3.8, 4) is 27.4 Å². The van der Waals surface area contributed by atoms with Gasteiger partial charge in [0.1, 0.15) is 23.9 Å². The number of methoxy groups -OCH3 is 1. The molecule has 9 rings (SSSR count). The number of pyridine rings is 1. The third kappa shape index (κ3) is 15.2. The normalized spacial score (nSPS) is 19.8. The van der Waals surface area contributed by atoms with E-state index in [1.54, 1.807) is 34.5 Å². The van der Waals surface area contributed by atoms with Gasteiger partial charge in [0.2, 0.25) is 17.7 Å². The standard InChI is InChI=1S/C61H79F4N13O5S/c1-38(40-14-16-41(17-15-40)53-39(2)71-37-84-53)72-57(81)48-29-45(79)32-78(48)58(82)54(59(3,4)5)73-51(80)13-10-8-7-9-11-23-75-25-20-44(21-26-75)74-60(33-61(63,64)65)22-12-24-76(34-60)49-30-67-47(42-18-19-50(83-6)46(62)27-42)28-43(49)31-77-36-70-52-55(66)68-35-69-56(52)77/h14-19,27-28,30,35-38,44-45,48,54,74,79H,7-13,20-26,29,31-34H2,1-6H3,(H,72,81)(H,73,80)(H2,66,68,69)/t38-,45+,48-,54+,60-/m0/s1. The van der Waals surface area contributed by atoms with Crippen LogP contribution in [0.15, 0.2) is 72.9 Å². The molecule has 6 N–H and O–H groups in total. The quantitative estimate of drug-likeness (QED) is 0.0316. The lowest BCUT2D eigenvalue weighted by molar-refractivity contribution is -0.152. The SMILES string of the molecule is COc1ccc(-c2cc(Cn3cnc4c(N)ncnc43)c(N3CCC[C@@](CC(F)(F)F)(NC4CCN(CCCCCCCC(=O)N[C@H](C(=O)N5C[C@H](O)C[C@H]5C(=O)N[C@@H](C)c5ccc(-c6scnc6C)cc5)C(C)(C)C)CC4)C3)cn2)cc1F. The molecule has 7 heterocycles. The van der Waals surface area contributed by atoms with Gasteiger partial charge in [0.05, 0.1) is 72.2 Å². The number of thiazole rings is 1. The molecule has 5 atom stereocenters. The van der Waals surface area contributed by atoms with Gasteiger partial charge in [-0.15, -0.1) is 11.3 Å². The van der Waals surface area contributed by atoms with Crippen molar-refractivity contribution in [1.29, 1.82) is 0 Å². The summed E-state index contributed by atoms with van der Waals surface area (Å²) in [5, 5.41) is 20.3. The molecule has 0 spiro atoms. The number of amides is 3. The number of nitrogens with one attached hydrogen (secondary N) is 3. The van der Waals surface area contributed by atoms with E-state index >= 15 is 0 Å². The van der Waals surface area contributed by atoms with Crippen LogP contribution in [-0.4, -0.2) is 144 Å². The summed E-state index contributed by atoms with van der Waals surface area (Å²) in [5.41, 5.74) is 12.2. The molecule has 3 amide bonds. The van der Waals surface area contributed by atoms with Crippen LogP contribution in [0.4, 0.5) is 29.1 Å². The number of alkyl halides is 3. The zero-order valence-corrected chi connectivity index (χ0v) is 49.7. The molecule has 84 heavy (non-hydrogen) atoms. The lowest BCUT2D eigenvalue weighted by Crippen LogP contribution is -2.62. The molecule has 3 fully saturated rings. The summed E-state index contributed by atoms with van der Waals surface area (Å²) in [6.45, 7) is 12.7. The Morgan fingerprint density at radius 2 is 1.67 bits per heavy atom. The number of carbonyl (C=O) groups excluding carboxylic acids is 3. The lowest BCUT2D eigenvalue weighted by atomic mass is 9.83. The number of aliphatic hydroxyl groups excluding tert-OH is 1. The maximum absolute atomic E-state index is 14.9. The van der Waals surface area contributed by atoms with Crippen LogP contribution in [0.3, 0.4) is 0 Å². The molecule has 452 valence electrons. The minimum absolute atomic E-state index is 0.00932.